The smallest absolute Gasteiger partial charge is 0.409 e. The molecule has 0 bridgehead atoms. The van der Waals surface area contributed by atoms with Crippen LogP contribution < -0.4 is 0 Å². The van der Waals surface area contributed by atoms with Gasteiger partial charge >= 0.3 is 6.09 Å². The Bertz CT molecular complexity index is 1240. The molecule has 0 aromatic heterocycles. The number of hydrogen-bond donors (Lipinski definition) is 1. The third-order valence-corrected chi connectivity index (χ3v) is 7.92. The number of fused-ring (bicyclic) bond motifs is 1. The van der Waals surface area contributed by atoms with Crippen LogP contribution in [0, 0.1) is 5.82 Å². The van der Waals surface area contributed by atoms with E-state index in [-0.39, 0.29) is 32.5 Å². The molecule has 0 radical (unpaired) electrons. The molecule has 2 aliphatic rings. The number of hydrogen-bond acceptors (Lipinski definition) is 5. The van der Waals surface area contributed by atoms with Gasteiger partial charge in [-0.1, -0.05) is 42.5 Å². The van der Waals surface area contributed by atoms with E-state index >= 15 is 0 Å². The number of rotatable bonds is 6. The van der Waals surface area contributed by atoms with Crippen LogP contribution in [0.15, 0.2) is 54.6 Å². The molecule has 4 rings (SSSR count). The van der Waals surface area contributed by atoms with Crippen molar-refractivity contribution in [3.63, 3.8) is 0 Å². The summed E-state index contributed by atoms with van der Waals surface area (Å²) >= 11 is 0. The molecule has 35 heavy (non-hydrogen) atoms. The zero-order valence-corrected chi connectivity index (χ0v) is 19.9. The monoisotopic (exact) mass is 503 g/mol. The van der Waals surface area contributed by atoms with Gasteiger partial charge in [-0.3, -0.25) is 14.5 Å². The maximum Gasteiger partial charge on any atom is 0.409 e. The summed E-state index contributed by atoms with van der Waals surface area (Å²) in [7, 11) is -3.92. The highest BCUT2D eigenvalue weighted by atomic mass is 32.2. The Kier molecular flexibility index (Phi) is 6.79. The Labute approximate surface area is 202 Å². The lowest BCUT2D eigenvalue weighted by Crippen LogP contribution is -2.72. The van der Waals surface area contributed by atoms with E-state index in [0.29, 0.717) is 11.1 Å². The molecule has 186 valence electrons. The van der Waals surface area contributed by atoms with Gasteiger partial charge in [-0.15, -0.1) is 0 Å². The minimum Gasteiger partial charge on any atom is -0.465 e. The lowest BCUT2D eigenvalue weighted by molar-refractivity contribution is -0.167. The molecular formula is C24H26FN3O6S. The van der Waals surface area contributed by atoms with Gasteiger partial charge in [0.05, 0.1) is 6.54 Å². The topological polar surface area (TPSA) is 115 Å². The van der Waals surface area contributed by atoms with E-state index in [1.54, 1.807) is 42.5 Å². The van der Waals surface area contributed by atoms with E-state index in [1.165, 1.54) is 17.0 Å². The predicted octanol–water partition coefficient (Wildman–Crippen LogP) is 1.90. The molecule has 0 spiro atoms. The third-order valence-electron chi connectivity index (χ3n) is 6.46. The van der Waals surface area contributed by atoms with Gasteiger partial charge < -0.3 is 14.9 Å². The average molecular weight is 504 g/mol. The van der Waals surface area contributed by atoms with Crippen molar-refractivity contribution in [1.29, 1.82) is 0 Å². The highest BCUT2D eigenvalue weighted by Gasteiger charge is 2.53. The molecule has 2 heterocycles. The minimum atomic E-state index is -3.92. The normalized spacial score (nSPS) is 21.6. The second-order valence-corrected chi connectivity index (χ2v) is 10.9. The molecule has 1 N–H and O–H groups in total. The van der Waals surface area contributed by atoms with Crippen LogP contribution in [-0.4, -0.2) is 84.2 Å². The number of amides is 3. The van der Waals surface area contributed by atoms with Gasteiger partial charge in [0.25, 0.3) is 0 Å². The van der Waals surface area contributed by atoms with Gasteiger partial charge in [-0.05, 0) is 29.7 Å². The van der Waals surface area contributed by atoms with Crippen LogP contribution in [-0.2, 0) is 25.8 Å². The number of nitrogens with zero attached hydrogens (tertiary/aromatic N) is 3. The molecule has 0 saturated carbocycles. The maximum absolute atomic E-state index is 13.8. The Hall–Kier alpha value is -3.47. The van der Waals surface area contributed by atoms with E-state index in [2.05, 4.69) is 0 Å². The molecule has 11 heteroatoms. The Morgan fingerprint density at radius 1 is 1.14 bits per heavy atom. The first-order valence-electron chi connectivity index (χ1n) is 11.2. The molecular weight excluding hydrogens is 477 g/mol. The van der Waals surface area contributed by atoms with Crippen LogP contribution in [0.25, 0.3) is 0 Å². The molecule has 2 fully saturated rings. The van der Waals surface area contributed by atoms with Gasteiger partial charge in [0.2, 0.25) is 11.8 Å². The van der Waals surface area contributed by atoms with E-state index in [9.17, 15) is 32.3 Å². The quantitative estimate of drug-likeness (QED) is 0.644. The largest absolute Gasteiger partial charge is 0.465 e. The number of sulfone groups is 1. The molecule has 1 unspecified atom stereocenters. The predicted molar refractivity (Wildman–Crippen MR) is 124 cm³/mol. The fourth-order valence-electron chi connectivity index (χ4n) is 4.89. The highest BCUT2D eigenvalue weighted by molar-refractivity contribution is 7.91. The number of halogens is 1. The van der Waals surface area contributed by atoms with Crippen molar-refractivity contribution in [3.05, 3.63) is 71.5 Å². The number of piperazine rings is 1. The van der Waals surface area contributed by atoms with Crippen LogP contribution in [0.4, 0.5) is 9.18 Å². The van der Waals surface area contributed by atoms with Crippen molar-refractivity contribution in [3.8, 4) is 0 Å². The molecule has 2 aliphatic heterocycles. The van der Waals surface area contributed by atoms with Gasteiger partial charge in [0, 0.05) is 25.8 Å². The second kappa shape index (κ2) is 9.65. The summed E-state index contributed by atoms with van der Waals surface area (Å²) in [5.41, 5.74) is 0.966. The number of carbonyl (C=O) groups excluding carboxylic acids is 2. The standard InChI is InChI=1S/C24H26FN3O6S/c1-35(33,34)22(17-7-3-2-4-8-17)21-23(30)26(12-10-16-6-5-9-18(25)14-16)15-19-27(24(31)32)13-11-20(29)28(19)21/h2-9,14,19,21-22H,10-13,15H2,1H3,(H,31,32)/t19-,21-,22?/m1/s1. The van der Waals surface area contributed by atoms with Gasteiger partial charge in [0.15, 0.2) is 9.84 Å². The average Bonchev–Trinajstić information content (AvgIpc) is 2.79. The molecule has 0 aliphatic carbocycles. The summed E-state index contributed by atoms with van der Waals surface area (Å²) in [5.74, 6) is -1.48. The van der Waals surface area contributed by atoms with Crippen LogP contribution in [0.3, 0.4) is 0 Å². The highest BCUT2D eigenvalue weighted by Crippen LogP contribution is 2.36. The minimum absolute atomic E-state index is 0.0527. The molecule has 2 saturated heterocycles. The molecule has 2 aromatic carbocycles. The molecule has 3 atom stereocenters. The van der Waals surface area contributed by atoms with Crippen molar-refractivity contribution in [2.75, 3.05) is 25.9 Å². The van der Waals surface area contributed by atoms with Crippen molar-refractivity contribution in [2.45, 2.75) is 30.3 Å². The lowest BCUT2D eigenvalue weighted by Gasteiger charge is -2.52. The summed E-state index contributed by atoms with van der Waals surface area (Å²) in [4.78, 5) is 42.4. The fraction of sp³-hybridized carbons (Fsp3) is 0.375. The van der Waals surface area contributed by atoms with Crippen molar-refractivity contribution in [1.82, 2.24) is 14.7 Å². The van der Waals surface area contributed by atoms with Gasteiger partial charge in [-0.2, -0.15) is 0 Å². The zero-order valence-electron chi connectivity index (χ0n) is 19.1. The second-order valence-electron chi connectivity index (χ2n) is 8.78. The van der Waals surface area contributed by atoms with Crippen LogP contribution in [0.1, 0.15) is 22.8 Å². The Balaban J connectivity index is 1.77. The van der Waals surface area contributed by atoms with E-state index in [4.69, 9.17) is 0 Å². The van der Waals surface area contributed by atoms with Crippen LogP contribution >= 0.6 is 0 Å². The number of carboxylic acid groups (broad SMARTS) is 1. The maximum atomic E-state index is 13.8. The zero-order chi connectivity index (χ0) is 25.3. The first-order chi connectivity index (χ1) is 16.6. The third kappa shape index (κ3) is 5.00. The van der Waals surface area contributed by atoms with E-state index in [1.807, 2.05) is 0 Å². The summed E-state index contributed by atoms with van der Waals surface area (Å²) in [5, 5.41) is 8.40. The van der Waals surface area contributed by atoms with Gasteiger partial charge in [0.1, 0.15) is 23.3 Å². The van der Waals surface area contributed by atoms with Crippen LogP contribution in [0.5, 0.6) is 0 Å². The van der Waals surface area contributed by atoms with E-state index in [0.717, 1.165) is 16.1 Å². The fourth-order valence-corrected chi connectivity index (χ4v) is 6.26. The first-order valence-corrected chi connectivity index (χ1v) is 13.1. The van der Waals surface area contributed by atoms with Crippen LogP contribution in [0.2, 0.25) is 0 Å². The lowest BCUT2D eigenvalue weighted by atomic mass is 9.96. The number of benzene rings is 2. The van der Waals surface area contributed by atoms with Crippen molar-refractivity contribution in [2.24, 2.45) is 0 Å². The molecule has 9 nitrogen and oxygen atoms in total. The summed E-state index contributed by atoms with van der Waals surface area (Å²) < 4.78 is 39.7. The Morgan fingerprint density at radius 3 is 2.49 bits per heavy atom. The molecule has 2 aromatic rings. The van der Waals surface area contributed by atoms with E-state index < -0.39 is 51.0 Å². The Morgan fingerprint density at radius 2 is 1.86 bits per heavy atom. The summed E-state index contributed by atoms with van der Waals surface area (Å²) in [6.45, 7) is -0.0487. The van der Waals surface area contributed by atoms with Crippen molar-refractivity contribution < 1.29 is 32.3 Å². The number of carbonyl (C=O) groups is 3. The molecule has 3 amide bonds. The summed E-state index contributed by atoms with van der Waals surface area (Å²) in [6.07, 6.45) is -1.17. The SMILES string of the molecule is CS(=O)(=O)C(c1ccccc1)[C@@H]1C(=O)N(CCc2cccc(F)c2)C[C@@H]2N(C(=O)O)CCC(=O)N21. The van der Waals surface area contributed by atoms with Gasteiger partial charge in [-0.25, -0.2) is 17.6 Å². The first kappa shape index (κ1) is 24.6. The summed E-state index contributed by atoms with van der Waals surface area (Å²) in [6, 6.07) is 12.6. The van der Waals surface area contributed by atoms with Crippen molar-refractivity contribution >= 4 is 27.7 Å².